The lowest BCUT2D eigenvalue weighted by Gasteiger charge is -2.11. The smallest absolute Gasteiger partial charge is 0.126 e. The minimum Gasteiger partial charge on any atom is -0.392 e. The number of rotatable bonds is 5. The molecule has 2 rings (SSSR count). The maximum absolute atomic E-state index is 13.5. The van der Waals surface area contributed by atoms with E-state index < -0.39 is 6.10 Å². The summed E-state index contributed by atoms with van der Waals surface area (Å²) in [5.41, 5.74) is 2.55. The van der Waals surface area contributed by atoms with E-state index in [2.05, 4.69) is 11.9 Å². The normalized spacial score (nSPS) is 12.4. The van der Waals surface area contributed by atoms with Gasteiger partial charge < -0.3 is 5.11 Å². The maximum Gasteiger partial charge on any atom is 0.126 e. The van der Waals surface area contributed by atoms with Gasteiger partial charge in [0.15, 0.2) is 0 Å². The second-order valence-electron chi connectivity index (χ2n) is 4.66. The summed E-state index contributed by atoms with van der Waals surface area (Å²) in [5.74, 6) is -0.268. The van der Waals surface area contributed by atoms with Crippen molar-refractivity contribution in [3.8, 4) is 0 Å². The van der Waals surface area contributed by atoms with Gasteiger partial charge in [-0.15, -0.1) is 0 Å². The van der Waals surface area contributed by atoms with Crippen molar-refractivity contribution in [3.63, 3.8) is 0 Å². The molecule has 0 spiro atoms. The molecule has 19 heavy (non-hydrogen) atoms. The summed E-state index contributed by atoms with van der Waals surface area (Å²) in [6, 6.07) is 10.5. The van der Waals surface area contributed by atoms with Crippen LogP contribution >= 0.6 is 0 Å². The van der Waals surface area contributed by atoms with Crippen molar-refractivity contribution < 1.29 is 9.50 Å². The quantitative estimate of drug-likeness (QED) is 0.895. The Balaban J connectivity index is 1.97. The number of hydrogen-bond donors (Lipinski definition) is 1. The van der Waals surface area contributed by atoms with Crippen LogP contribution in [0.4, 0.5) is 4.39 Å². The third-order valence-electron chi connectivity index (χ3n) is 3.15. The zero-order valence-electron chi connectivity index (χ0n) is 11.0. The molecule has 2 aromatic rings. The van der Waals surface area contributed by atoms with Gasteiger partial charge in [0.05, 0.1) is 6.10 Å². The summed E-state index contributed by atoms with van der Waals surface area (Å²) < 4.78 is 13.5. The van der Waals surface area contributed by atoms with Crippen LogP contribution in [0.25, 0.3) is 0 Å². The molecule has 3 heteroatoms. The minimum atomic E-state index is -0.614. The predicted octanol–water partition coefficient (Wildman–Crippen LogP) is 2.93. The zero-order valence-corrected chi connectivity index (χ0v) is 11.0. The van der Waals surface area contributed by atoms with Crippen LogP contribution in [0.5, 0.6) is 0 Å². The number of halogens is 1. The molecular formula is C16H18FNO. The first-order valence-electron chi connectivity index (χ1n) is 6.54. The predicted molar refractivity (Wildman–Crippen MR) is 73.4 cm³/mol. The van der Waals surface area contributed by atoms with Gasteiger partial charge in [0, 0.05) is 24.7 Å². The van der Waals surface area contributed by atoms with E-state index in [0.717, 1.165) is 12.1 Å². The van der Waals surface area contributed by atoms with Crippen LogP contribution in [0, 0.1) is 5.82 Å². The van der Waals surface area contributed by atoms with E-state index in [0.29, 0.717) is 18.4 Å². The number of aryl methyl sites for hydroxylation is 1. The Bertz CT molecular complexity index is 525. The van der Waals surface area contributed by atoms with E-state index in [-0.39, 0.29) is 5.82 Å². The third kappa shape index (κ3) is 3.86. The second kappa shape index (κ2) is 6.43. The highest BCUT2D eigenvalue weighted by molar-refractivity contribution is 5.19. The molecular weight excluding hydrogens is 241 g/mol. The summed E-state index contributed by atoms with van der Waals surface area (Å²) in [6.45, 7) is 2.07. The topological polar surface area (TPSA) is 33.1 Å². The van der Waals surface area contributed by atoms with E-state index in [4.69, 9.17) is 0 Å². The van der Waals surface area contributed by atoms with E-state index in [1.165, 1.54) is 11.6 Å². The first-order chi connectivity index (χ1) is 9.19. The molecule has 0 radical (unpaired) electrons. The second-order valence-corrected chi connectivity index (χ2v) is 4.66. The third-order valence-corrected chi connectivity index (χ3v) is 3.15. The fourth-order valence-corrected chi connectivity index (χ4v) is 2.02. The van der Waals surface area contributed by atoms with Gasteiger partial charge in [-0.05, 0) is 29.7 Å². The van der Waals surface area contributed by atoms with Gasteiger partial charge in [0.2, 0.25) is 0 Å². The van der Waals surface area contributed by atoms with Crippen molar-refractivity contribution in [2.45, 2.75) is 32.3 Å². The Morgan fingerprint density at radius 1 is 1.16 bits per heavy atom. The number of aliphatic hydroxyl groups is 1. The van der Waals surface area contributed by atoms with Crippen LogP contribution in [0.1, 0.15) is 23.7 Å². The molecule has 0 aliphatic carbocycles. The fourth-order valence-electron chi connectivity index (χ4n) is 2.02. The summed E-state index contributed by atoms with van der Waals surface area (Å²) in [5, 5.41) is 10.0. The highest BCUT2D eigenvalue weighted by atomic mass is 19.1. The fraction of sp³-hybridized carbons (Fsp3) is 0.312. The minimum absolute atomic E-state index is 0.268. The Morgan fingerprint density at radius 3 is 2.58 bits per heavy atom. The van der Waals surface area contributed by atoms with Crippen LogP contribution in [-0.2, 0) is 19.3 Å². The molecule has 1 N–H and O–H groups in total. The Labute approximate surface area is 112 Å². The van der Waals surface area contributed by atoms with Crippen LogP contribution in [0.15, 0.2) is 42.6 Å². The van der Waals surface area contributed by atoms with E-state index >= 15 is 0 Å². The first-order valence-corrected chi connectivity index (χ1v) is 6.54. The maximum atomic E-state index is 13.5. The average molecular weight is 259 g/mol. The van der Waals surface area contributed by atoms with Crippen molar-refractivity contribution in [1.29, 1.82) is 0 Å². The van der Waals surface area contributed by atoms with E-state index in [9.17, 15) is 9.50 Å². The van der Waals surface area contributed by atoms with Gasteiger partial charge >= 0.3 is 0 Å². The van der Waals surface area contributed by atoms with Gasteiger partial charge in [-0.1, -0.05) is 31.2 Å². The average Bonchev–Trinajstić information content (AvgIpc) is 2.42. The van der Waals surface area contributed by atoms with Crippen LogP contribution < -0.4 is 0 Å². The van der Waals surface area contributed by atoms with Gasteiger partial charge in [0.25, 0.3) is 0 Å². The van der Waals surface area contributed by atoms with E-state index in [1.807, 2.05) is 18.3 Å². The molecule has 0 amide bonds. The van der Waals surface area contributed by atoms with Crippen molar-refractivity contribution in [3.05, 3.63) is 65.2 Å². The molecule has 0 bridgehead atoms. The molecule has 1 unspecified atom stereocenters. The van der Waals surface area contributed by atoms with Crippen LogP contribution in [0.3, 0.4) is 0 Å². The monoisotopic (exact) mass is 259 g/mol. The molecule has 0 saturated heterocycles. The van der Waals surface area contributed by atoms with Crippen LogP contribution in [0.2, 0.25) is 0 Å². The number of benzene rings is 1. The molecule has 100 valence electrons. The van der Waals surface area contributed by atoms with Gasteiger partial charge in [-0.3, -0.25) is 4.98 Å². The summed E-state index contributed by atoms with van der Waals surface area (Å²) >= 11 is 0. The van der Waals surface area contributed by atoms with Crippen molar-refractivity contribution in [2.24, 2.45) is 0 Å². The van der Waals surface area contributed by atoms with E-state index in [1.54, 1.807) is 18.2 Å². The summed E-state index contributed by atoms with van der Waals surface area (Å²) in [4.78, 5) is 4.30. The Hall–Kier alpha value is -1.74. The molecule has 0 aliphatic heterocycles. The SMILES string of the molecule is CCc1ccc(CC(O)Cc2ccccc2F)nc1. The Morgan fingerprint density at radius 2 is 1.95 bits per heavy atom. The van der Waals surface area contributed by atoms with Crippen molar-refractivity contribution >= 4 is 0 Å². The van der Waals surface area contributed by atoms with Gasteiger partial charge in [-0.2, -0.15) is 0 Å². The number of aliphatic hydroxyl groups excluding tert-OH is 1. The standard InChI is InChI=1S/C16H18FNO/c1-2-12-7-8-14(18-11-12)10-15(19)9-13-5-3-4-6-16(13)17/h3-8,11,15,19H,2,9-10H2,1H3. The lowest BCUT2D eigenvalue weighted by molar-refractivity contribution is 0.173. The van der Waals surface area contributed by atoms with Crippen LogP contribution in [-0.4, -0.2) is 16.2 Å². The van der Waals surface area contributed by atoms with Crippen molar-refractivity contribution in [2.75, 3.05) is 0 Å². The summed E-state index contributed by atoms with van der Waals surface area (Å²) in [7, 11) is 0. The molecule has 0 aliphatic rings. The molecule has 2 nitrogen and oxygen atoms in total. The number of hydrogen-bond acceptors (Lipinski definition) is 2. The number of nitrogens with zero attached hydrogens (tertiary/aromatic N) is 1. The van der Waals surface area contributed by atoms with Gasteiger partial charge in [0.1, 0.15) is 5.82 Å². The molecule has 1 atom stereocenters. The molecule has 1 aromatic carbocycles. The zero-order chi connectivity index (χ0) is 13.7. The number of pyridine rings is 1. The first kappa shape index (κ1) is 13.7. The lowest BCUT2D eigenvalue weighted by atomic mass is 10.0. The van der Waals surface area contributed by atoms with Gasteiger partial charge in [-0.25, -0.2) is 4.39 Å². The molecule has 0 saturated carbocycles. The highest BCUT2D eigenvalue weighted by Gasteiger charge is 2.10. The molecule has 1 aromatic heterocycles. The largest absolute Gasteiger partial charge is 0.392 e. The highest BCUT2D eigenvalue weighted by Crippen LogP contribution is 2.12. The lowest BCUT2D eigenvalue weighted by Crippen LogP contribution is -2.15. The number of aromatic nitrogens is 1. The molecule has 1 heterocycles. The Kier molecular flexibility index (Phi) is 4.63. The van der Waals surface area contributed by atoms with Crippen molar-refractivity contribution in [1.82, 2.24) is 4.98 Å². The molecule has 0 fully saturated rings. The summed E-state index contributed by atoms with van der Waals surface area (Å²) in [6.07, 6.45) is 2.91.